The summed E-state index contributed by atoms with van der Waals surface area (Å²) in [6.45, 7) is 0.221. The lowest BCUT2D eigenvalue weighted by molar-refractivity contribution is 0.183. The van der Waals surface area contributed by atoms with Crippen molar-refractivity contribution in [2.45, 2.75) is 18.8 Å². The van der Waals surface area contributed by atoms with E-state index >= 15 is 0 Å². The van der Waals surface area contributed by atoms with E-state index in [9.17, 15) is 9.90 Å². The van der Waals surface area contributed by atoms with Gasteiger partial charge in [0.15, 0.2) is 17.3 Å². The standard InChI is InChI=1S/C15H15BrCl2N4O3S/c1-21-7-12(23)22(15(21)24)14-20-19-13(26-14)11(4-5-16)25-8-2-3-9(17)10(18)6-8/h2-3,6,11-12,23H,4-5,7H2,1H3. The van der Waals surface area contributed by atoms with Crippen molar-refractivity contribution in [1.82, 2.24) is 15.1 Å². The molecule has 1 aromatic heterocycles. The number of carbonyl (C=O) groups excluding carboxylic acids is 1. The third-order valence-corrected chi connectivity index (χ3v) is 5.93. The molecule has 1 fully saturated rings. The zero-order chi connectivity index (χ0) is 18.8. The van der Waals surface area contributed by atoms with E-state index in [0.717, 1.165) is 0 Å². The number of halogens is 3. The molecule has 2 atom stereocenters. The van der Waals surface area contributed by atoms with Gasteiger partial charge >= 0.3 is 6.03 Å². The van der Waals surface area contributed by atoms with E-state index in [1.165, 1.54) is 21.1 Å². The predicted octanol–water partition coefficient (Wildman–Crippen LogP) is 3.94. The van der Waals surface area contributed by atoms with Gasteiger partial charge in [0.25, 0.3) is 0 Å². The molecule has 0 saturated carbocycles. The van der Waals surface area contributed by atoms with Crippen molar-refractivity contribution >= 4 is 61.6 Å². The molecule has 2 unspecified atom stereocenters. The van der Waals surface area contributed by atoms with Crippen molar-refractivity contribution in [3.63, 3.8) is 0 Å². The molecule has 1 aliphatic heterocycles. The number of anilines is 1. The van der Waals surface area contributed by atoms with E-state index in [1.54, 1.807) is 25.2 Å². The number of rotatable bonds is 6. The lowest BCUT2D eigenvalue weighted by atomic mass is 10.3. The van der Waals surface area contributed by atoms with Crippen LogP contribution in [-0.4, -0.2) is 51.4 Å². The number of ether oxygens (including phenoxy) is 1. The summed E-state index contributed by atoms with van der Waals surface area (Å²) in [4.78, 5) is 14.8. The van der Waals surface area contributed by atoms with Gasteiger partial charge in [-0.1, -0.05) is 50.5 Å². The lowest BCUT2D eigenvalue weighted by Gasteiger charge is -2.16. The van der Waals surface area contributed by atoms with Crippen LogP contribution < -0.4 is 9.64 Å². The van der Waals surface area contributed by atoms with Crippen LogP contribution in [0.15, 0.2) is 18.2 Å². The Hall–Kier alpha value is -1.13. The Balaban J connectivity index is 1.81. The molecular weight excluding hydrogens is 467 g/mol. The first-order chi connectivity index (χ1) is 12.4. The van der Waals surface area contributed by atoms with Gasteiger partial charge in [0.2, 0.25) is 5.13 Å². The van der Waals surface area contributed by atoms with E-state index in [1.807, 2.05) is 0 Å². The minimum atomic E-state index is -0.945. The summed E-state index contributed by atoms with van der Waals surface area (Å²) in [6.07, 6.45) is -0.699. The number of likely N-dealkylation sites (N-methyl/N-ethyl adjacent to an activating group) is 1. The van der Waals surface area contributed by atoms with Gasteiger partial charge in [-0.05, 0) is 12.1 Å². The smallest absolute Gasteiger partial charge is 0.328 e. The van der Waals surface area contributed by atoms with E-state index < -0.39 is 6.23 Å². The van der Waals surface area contributed by atoms with Crippen LogP contribution in [0.1, 0.15) is 17.5 Å². The monoisotopic (exact) mass is 480 g/mol. The Morgan fingerprint density at radius 1 is 1.42 bits per heavy atom. The highest BCUT2D eigenvalue weighted by Gasteiger charge is 2.37. The first kappa shape index (κ1) is 19.6. The molecule has 2 amide bonds. The van der Waals surface area contributed by atoms with Gasteiger partial charge in [0.05, 0.1) is 16.6 Å². The van der Waals surface area contributed by atoms with Crippen molar-refractivity contribution in [3.05, 3.63) is 33.3 Å². The first-order valence-corrected chi connectivity index (χ1v) is 10.3. The van der Waals surface area contributed by atoms with E-state index in [0.29, 0.717) is 37.7 Å². The number of β-amino-alcohol motifs (C(OH)–C–C–N with tert-alkyl or cyclic N) is 1. The fourth-order valence-corrected chi connectivity index (χ4v) is 4.08. The zero-order valence-corrected chi connectivity index (χ0v) is 17.5. The molecule has 0 spiro atoms. The molecule has 7 nitrogen and oxygen atoms in total. The van der Waals surface area contributed by atoms with Crippen molar-refractivity contribution in [1.29, 1.82) is 0 Å². The number of hydrogen-bond acceptors (Lipinski definition) is 6. The van der Waals surface area contributed by atoms with E-state index in [4.69, 9.17) is 27.9 Å². The summed E-state index contributed by atoms with van der Waals surface area (Å²) < 4.78 is 5.99. The summed E-state index contributed by atoms with van der Waals surface area (Å²) in [7, 11) is 1.62. The van der Waals surface area contributed by atoms with Crippen molar-refractivity contribution < 1.29 is 14.6 Å². The number of aromatic nitrogens is 2. The Morgan fingerprint density at radius 3 is 2.81 bits per heavy atom. The van der Waals surface area contributed by atoms with Gasteiger partial charge in [-0.3, -0.25) is 0 Å². The molecule has 1 N–H and O–H groups in total. The molecule has 0 aliphatic carbocycles. The molecule has 0 bridgehead atoms. The quantitative estimate of drug-likeness (QED) is 0.632. The zero-order valence-electron chi connectivity index (χ0n) is 13.6. The predicted molar refractivity (Wildman–Crippen MR) is 105 cm³/mol. The van der Waals surface area contributed by atoms with Gasteiger partial charge in [0.1, 0.15) is 5.75 Å². The summed E-state index contributed by atoms with van der Waals surface area (Å²) in [5.74, 6) is 0.555. The van der Waals surface area contributed by atoms with E-state index in [-0.39, 0.29) is 18.7 Å². The van der Waals surface area contributed by atoms with Crippen LogP contribution in [0.3, 0.4) is 0 Å². The average Bonchev–Trinajstić information content (AvgIpc) is 3.16. The third kappa shape index (κ3) is 4.07. The highest BCUT2D eigenvalue weighted by atomic mass is 79.9. The van der Waals surface area contributed by atoms with E-state index in [2.05, 4.69) is 26.1 Å². The van der Waals surface area contributed by atoms with Crippen LogP contribution in [-0.2, 0) is 0 Å². The van der Waals surface area contributed by atoms with Gasteiger partial charge in [-0.2, -0.15) is 0 Å². The molecule has 11 heteroatoms. The lowest BCUT2D eigenvalue weighted by Crippen LogP contribution is -2.34. The largest absolute Gasteiger partial charge is 0.483 e. The van der Waals surface area contributed by atoms with Gasteiger partial charge in [-0.15, -0.1) is 10.2 Å². The summed E-state index contributed by atoms with van der Waals surface area (Å²) in [5, 5.41) is 20.7. The molecule has 1 aliphatic rings. The molecular formula is C15H15BrCl2N4O3S. The topological polar surface area (TPSA) is 78.8 Å². The number of aliphatic hydroxyl groups is 1. The maximum atomic E-state index is 12.1. The maximum Gasteiger partial charge on any atom is 0.328 e. The summed E-state index contributed by atoms with van der Waals surface area (Å²) >= 11 is 16.6. The second kappa shape index (κ2) is 8.26. The second-order valence-corrected chi connectivity index (χ2v) is 8.19. The van der Waals surface area contributed by atoms with Crippen molar-refractivity contribution in [3.8, 4) is 5.75 Å². The summed E-state index contributed by atoms with van der Waals surface area (Å²) in [6, 6.07) is 4.70. The third-order valence-electron chi connectivity index (χ3n) is 3.72. The molecule has 2 aromatic rings. The minimum absolute atomic E-state index is 0.221. The highest BCUT2D eigenvalue weighted by Crippen LogP contribution is 2.34. The molecule has 1 saturated heterocycles. The Kier molecular flexibility index (Phi) is 6.24. The number of carbonyl (C=O) groups is 1. The molecule has 1 aromatic carbocycles. The maximum absolute atomic E-state index is 12.1. The summed E-state index contributed by atoms with van der Waals surface area (Å²) in [5.41, 5.74) is 0. The highest BCUT2D eigenvalue weighted by molar-refractivity contribution is 9.09. The first-order valence-electron chi connectivity index (χ1n) is 7.64. The Bertz CT molecular complexity index is 809. The van der Waals surface area contributed by atoms with Crippen molar-refractivity contribution in [2.24, 2.45) is 0 Å². The number of hydrogen-bond donors (Lipinski definition) is 1. The number of urea groups is 1. The number of benzene rings is 1. The second-order valence-electron chi connectivity index (χ2n) is 5.60. The molecule has 26 heavy (non-hydrogen) atoms. The molecule has 3 rings (SSSR count). The van der Waals surface area contributed by atoms with Gasteiger partial charge in [-0.25, -0.2) is 9.69 Å². The Morgan fingerprint density at radius 2 is 2.19 bits per heavy atom. The van der Waals surface area contributed by atoms with Crippen LogP contribution in [0, 0.1) is 0 Å². The van der Waals surface area contributed by atoms with Crippen LogP contribution in [0.25, 0.3) is 0 Å². The van der Waals surface area contributed by atoms with Crippen molar-refractivity contribution in [2.75, 3.05) is 23.8 Å². The van der Waals surface area contributed by atoms with Crippen LogP contribution in [0.2, 0.25) is 10.0 Å². The molecule has 2 heterocycles. The Labute approximate surface area is 172 Å². The minimum Gasteiger partial charge on any atom is -0.483 e. The van der Waals surface area contributed by atoms with Crippen LogP contribution >= 0.6 is 50.5 Å². The fraction of sp³-hybridized carbons (Fsp3) is 0.400. The SMILES string of the molecule is CN1CC(O)N(c2nnc(C(CCBr)Oc3ccc(Cl)c(Cl)c3)s2)C1=O. The number of amides is 2. The van der Waals surface area contributed by atoms with Gasteiger partial charge < -0.3 is 14.7 Å². The number of alkyl halides is 1. The fourth-order valence-electron chi connectivity index (χ4n) is 2.43. The number of aliphatic hydroxyl groups excluding tert-OH is 1. The molecule has 0 radical (unpaired) electrons. The van der Waals surface area contributed by atoms with Crippen LogP contribution in [0.5, 0.6) is 5.75 Å². The van der Waals surface area contributed by atoms with Crippen LogP contribution in [0.4, 0.5) is 9.93 Å². The number of nitrogens with zero attached hydrogens (tertiary/aromatic N) is 4. The average molecular weight is 482 g/mol. The normalized spacial score (nSPS) is 18.5. The molecule has 140 valence electrons. The van der Waals surface area contributed by atoms with Gasteiger partial charge in [0, 0.05) is 24.9 Å².